The van der Waals surface area contributed by atoms with Crippen LogP contribution in [0.1, 0.15) is 44.9 Å². The zero-order chi connectivity index (χ0) is 9.54. The van der Waals surface area contributed by atoms with E-state index in [2.05, 4.69) is 0 Å². The molecule has 0 aromatic rings. The Balaban J connectivity index is 1.69. The minimum Gasteiger partial charge on any atom is -0.396 e. The third-order valence-corrected chi connectivity index (χ3v) is 5.12. The summed E-state index contributed by atoms with van der Waals surface area (Å²) in [5.74, 6) is 5.30. The predicted molar refractivity (Wildman–Crippen MR) is 56.9 cm³/mol. The van der Waals surface area contributed by atoms with Gasteiger partial charge in [0.05, 0.1) is 0 Å². The van der Waals surface area contributed by atoms with E-state index in [1.165, 1.54) is 32.1 Å². The third kappa shape index (κ3) is 1.41. The Hall–Kier alpha value is -0.0400. The maximum Gasteiger partial charge on any atom is 0.0431 e. The van der Waals surface area contributed by atoms with Gasteiger partial charge in [-0.25, -0.2) is 0 Å². The van der Waals surface area contributed by atoms with E-state index in [9.17, 15) is 0 Å². The van der Waals surface area contributed by atoms with Gasteiger partial charge in [-0.1, -0.05) is 0 Å². The molecule has 1 heteroatoms. The Labute approximate surface area is 86.9 Å². The molecule has 4 bridgehead atoms. The van der Waals surface area contributed by atoms with Gasteiger partial charge in [-0.15, -0.1) is 0 Å². The molecule has 4 saturated carbocycles. The van der Waals surface area contributed by atoms with Gasteiger partial charge in [-0.05, 0) is 74.5 Å². The van der Waals surface area contributed by atoms with Crippen LogP contribution >= 0.6 is 0 Å². The van der Waals surface area contributed by atoms with Crippen molar-refractivity contribution in [2.45, 2.75) is 44.9 Å². The highest BCUT2D eigenvalue weighted by molar-refractivity contribution is 4.97. The Morgan fingerprint density at radius 3 is 1.93 bits per heavy atom. The minimum absolute atomic E-state index is 0.406. The lowest BCUT2D eigenvalue weighted by Crippen LogP contribution is -2.45. The van der Waals surface area contributed by atoms with Gasteiger partial charge in [0.15, 0.2) is 0 Å². The highest BCUT2D eigenvalue weighted by Crippen LogP contribution is 2.57. The number of aliphatic hydroxyl groups excluding tert-OH is 1. The number of aliphatic hydroxyl groups is 1. The Morgan fingerprint density at radius 2 is 1.43 bits per heavy atom. The lowest BCUT2D eigenvalue weighted by atomic mass is 9.51. The average Bonchev–Trinajstić information content (AvgIpc) is 2.15. The summed E-state index contributed by atoms with van der Waals surface area (Å²) in [4.78, 5) is 0. The van der Waals surface area contributed by atoms with Crippen molar-refractivity contribution in [1.29, 1.82) is 0 Å². The molecule has 1 nitrogen and oxygen atoms in total. The molecule has 1 N–H and O–H groups in total. The molecule has 0 radical (unpaired) electrons. The molecule has 0 heterocycles. The summed E-state index contributed by atoms with van der Waals surface area (Å²) in [5.41, 5.74) is 0. The zero-order valence-corrected chi connectivity index (χ0v) is 8.99. The molecule has 0 atom stereocenters. The number of hydrogen-bond donors (Lipinski definition) is 1. The van der Waals surface area contributed by atoms with Crippen LogP contribution < -0.4 is 0 Å². The first-order chi connectivity index (χ1) is 6.86. The molecule has 0 unspecified atom stereocenters. The fraction of sp³-hybridized carbons (Fsp3) is 1.00. The normalized spacial score (nSPS) is 49.9. The van der Waals surface area contributed by atoms with Crippen molar-refractivity contribution in [3.05, 3.63) is 0 Å². The highest BCUT2D eigenvalue weighted by Gasteiger charge is 2.47. The van der Waals surface area contributed by atoms with Gasteiger partial charge in [-0.3, -0.25) is 0 Å². The van der Waals surface area contributed by atoms with Crippen molar-refractivity contribution in [3.63, 3.8) is 0 Å². The molecular formula is C13H22O. The molecule has 4 fully saturated rings. The van der Waals surface area contributed by atoms with Crippen LogP contribution in [0.25, 0.3) is 0 Å². The van der Waals surface area contributed by atoms with Crippen LogP contribution in [0.2, 0.25) is 0 Å². The molecule has 80 valence electrons. The molecule has 0 aromatic carbocycles. The highest BCUT2D eigenvalue weighted by atomic mass is 16.2. The summed E-state index contributed by atoms with van der Waals surface area (Å²) in [6.07, 6.45) is 10.0. The van der Waals surface area contributed by atoms with Crippen molar-refractivity contribution in [1.82, 2.24) is 0 Å². The van der Waals surface area contributed by atoms with Gasteiger partial charge in [0.1, 0.15) is 0 Å². The van der Waals surface area contributed by atoms with Crippen molar-refractivity contribution < 1.29 is 5.11 Å². The second-order valence-corrected chi connectivity index (χ2v) is 5.96. The molecule has 0 saturated heterocycles. The quantitative estimate of drug-likeness (QED) is 0.732. The maximum atomic E-state index is 8.92. The van der Waals surface area contributed by atoms with E-state index in [4.69, 9.17) is 5.11 Å². The maximum absolute atomic E-state index is 8.92. The van der Waals surface area contributed by atoms with Crippen LogP contribution in [0.4, 0.5) is 0 Å². The van der Waals surface area contributed by atoms with Gasteiger partial charge in [0, 0.05) is 6.61 Å². The summed E-state index contributed by atoms with van der Waals surface area (Å²) in [5, 5.41) is 8.92. The monoisotopic (exact) mass is 194 g/mol. The van der Waals surface area contributed by atoms with E-state index in [1.807, 2.05) is 0 Å². The van der Waals surface area contributed by atoms with Crippen LogP contribution in [-0.4, -0.2) is 11.7 Å². The smallest absolute Gasteiger partial charge is 0.0431 e. The molecule has 4 aliphatic carbocycles. The molecule has 0 aliphatic heterocycles. The van der Waals surface area contributed by atoms with E-state index in [0.29, 0.717) is 6.61 Å². The Bertz CT molecular complexity index is 183. The topological polar surface area (TPSA) is 20.2 Å². The lowest BCUT2D eigenvalue weighted by Gasteiger charge is -2.54. The van der Waals surface area contributed by atoms with Crippen LogP contribution in [0.15, 0.2) is 0 Å². The zero-order valence-electron chi connectivity index (χ0n) is 8.99. The summed E-state index contributed by atoms with van der Waals surface area (Å²) in [7, 11) is 0. The van der Waals surface area contributed by atoms with Gasteiger partial charge in [0.2, 0.25) is 0 Å². The first kappa shape index (κ1) is 9.21. The van der Waals surface area contributed by atoms with Gasteiger partial charge < -0.3 is 5.11 Å². The van der Waals surface area contributed by atoms with Crippen molar-refractivity contribution in [3.8, 4) is 0 Å². The number of hydrogen-bond acceptors (Lipinski definition) is 1. The molecule has 0 amide bonds. The number of rotatable bonds is 3. The fourth-order valence-electron chi connectivity index (χ4n) is 4.84. The molecule has 14 heavy (non-hydrogen) atoms. The van der Waals surface area contributed by atoms with Crippen molar-refractivity contribution in [2.75, 3.05) is 6.61 Å². The van der Waals surface area contributed by atoms with E-state index < -0.39 is 0 Å². The van der Waals surface area contributed by atoms with Gasteiger partial charge >= 0.3 is 0 Å². The molecule has 4 aliphatic rings. The molecule has 0 spiro atoms. The van der Waals surface area contributed by atoms with Crippen LogP contribution in [0, 0.1) is 29.6 Å². The Morgan fingerprint density at radius 1 is 0.857 bits per heavy atom. The fourth-order valence-corrected chi connectivity index (χ4v) is 4.84. The first-order valence-electron chi connectivity index (χ1n) is 6.47. The van der Waals surface area contributed by atoms with Gasteiger partial charge in [-0.2, -0.15) is 0 Å². The predicted octanol–water partition coefficient (Wildman–Crippen LogP) is 2.83. The lowest BCUT2D eigenvalue weighted by molar-refractivity contribution is -0.0414. The van der Waals surface area contributed by atoms with Crippen LogP contribution in [0.5, 0.6) is 0 Å². The van der Waals surface area contributed by atoms with E-state index in [0.717, 1.165) is 36.0 Å². The molecular weight excluding hydrogens is 172 g/mol. The summed E-state index contributed by atoms with van der Waals surface area (Å²) >= 11 is 0. The minimum atomic E-state index is 0.406. The van der Waals surface area contributed by atoms with E-state index >= 15 is 0 Å². The van der Waals surface area contributed by atoms with Crippen LogP contribution in [-0.2, 0) is 0 Å². The summed E-state index contributed by atoms with van der Waals surface area (Å²) in [6.45, 7) is 0.406. The SMILES string of the molecule is OCCCC1C2CC3CC(C2)CC1C3. The largest absolute Gasteiger partial charge is 0.396 e. The van der Waals surface area contributed by atoms with Gasteiger partial charge in [0.25, 0.3) is 0 Å². The van der Waals surface area contributed by atoms with E-state index in [1.54, 1.807) is 6.42 Å². The second kappa shape index (κ2) is 3.52. The third-order valence-electron chi connectivity index (χ3n) is 5.12. The summed E-state index contributed by atoms with van der Waals surface area (Å²) < 4.78 is 0. The standard InChI is InChI=1S/C13H22O/c14-3-1-2-13-11-5-9-4-10(7-11)8-12(13)6-9/h9-14H,1-8H2. The molecule has 4 rings (SSSR count). The van der Waals surface area contributed by atoms with E-state index in [-0.39, 0.29) is 0 Å². The second-order valence-electron chi connectivity index (χ2n) is 5.96. The average molecular weight is 194 g/mol. The van der Waals surface area contributed by atoms with Crippen molar-refractivity contribution in [2.24, 2.45) is 29.6 Å². The summed E-state index contributed by atoms with van der Waals surface area (Å²) in [6, 6.07) is 0. The van der Waals surface area contributed by atoms with Crippen LogP contribution in [0.3, 0.4) is 0 Å². The molecule has 0 aromatic heterocycles. The Kier molecular flexibility index (Phi) is 2.31. The van der Waals surface area contributed by atoms with Crippen molar-refractivity contribution >= 4 is 0 Å². The first-order valence-corrected chi connectivity index (χ1v) is 6.47.